The monoisotopic (exact) mass is 323 g/mol. The molecule has 0 radical (unpaired) electrons. The Hall–Kier alpha value is -1.86. The van der Waals surface area contributed by atoms with Crippen molar-refractivity contribution in [1.82, 2.24) is 14.9 Å². The molecule has 0 aliphatic heterocycles. The van der Waals surface area contributed by atoms with Gasteiger partial charge in [0.05, 0.1) is 18.5 Å². The number of methoxy groups -OCH3 is 1. The van der Waals surface area contributed by atoms with E-state index in [9.17, 15) is 8.42 Å². The van der Waals surface area contributed by atoms with Crippen molar-refractivity contribution in [2.45, 2.75) is 38.6 Å². The van der Waals surface area contributed by atoms with Gasteiger partial charge in [0.25, 0.3) is 0 Å². The lowest BCUT2D eigenvalue weighted by Crippen LogP contribution is -2.24. The number of aromatic amines is 1. The summed E-state index contributed by atoms with van der Waals surface area (Å²) in [6.45, 7) is 5.57. The lowest BCUT2D eigenvalue weighted by atomic mass is 10.1. The fourth-order valence-corrected chi connectivity index (χ4v) is 3.74. The van der Waals surface area contributed by atoms with E-state index in [2.05, 4.69) is 14.9 Å². The lowest BCUT2D eigenvalue weighted by Gasteiger charge is -2.12. The standard InChI is InChI=1S/C15H21N3O3S/c1-5-12-6-7-14(21-4)13(8-12)9-16-22(19,20)15-10(2)17-18-11(15)3/h6-8,16H,5,9H2,1-4H3,(H,17,18). The molecule has 6 nitrogen and oxygen atoms in total. The lowest BCUT2D eigenvalue weighted by molar-refractivity contribution is 0.409. The van der Waals surface area contributed by atoms with Crippen molar-refractivity contribution >= 4 is 10.0 Å². The van der Waals surface area contributed by atoms with Crippen molar-refractivity contribution in [3.05, 3.63) is 40.7 Å². The molecule has 22 heavy (non-hydrogen) atoms. The minimum absolute atomic E-state index is 0.170. The second-order valence-electron chi connectivity index (χ2n) is 5.09. The number of hydrogen-bond donors (Lipinski definition) is 2. The summed E-state index contributed by atoms with van der Waals surface area (Å²) in [6.07, 6.45) is 0.879. The molecule has 0 saturated heterocycles. The minimum atomic E-state index is -3.62. The van der Waals surface area contributed by atoms with E-state index >= 15 is 0 Å². The molecule has 2 aromatic rings. The summed E-state index contributed by atoms with van der Waals surface area (Å²) in [5.74, 6) is 0.667. The molecule has 0 aliphatic carbocycles. The molecule has 0 amide bonds. The molecule has 1 heterocycles. The maximum atomic E-state index is 12.5. The van der Waals surface area contributed by atoms with E-state index in [0.717, 1.165) is 17.5 Å². The number of H-pyrrole nitrogens is 1. The van der Waals surface area contributed by atoms with Gasteiger partial charge in [-0.2, -0.15) is 5.10 Å². The Labute approximate surface area is 130 Å². The topological polar surface area (TPSA) is 84.1 Å². The van der Waals surface area contributed by atoms with Crippen LogP contribution < -0.4 is 9.46 Å². The highest BCUT2D eigenvalue weighted by molar-refractivity contribution is 7.89. The number of sulfonamides is 1. The summed E-state index contributed by atoms with van der Waals surface area (Å²) in [7, 11) is -2.05. The van der Waals surface area contributed by atoms with Crippen molar-refractivity contribution in [3.8, 4) is 5.75 Å². The maximum absolute atomic E-state index is 12.5. The predicted molar refractivity (Wildman–Crippen MR) is 84.5 cm³/mol. The van der Waals surface area contributed by atoms with Gasteiger partial charge in [0.15, 0.2) is 0 Å². The molecule has 2 N–H and O–H groups in total. The third-order valence-corrected chi connectivity index (χ3v) is 5.20. The first-order chi connectivity index (χ1) is 10.4. The zero-order valence-corrected chi connectivity index (χ0v) is 14.0. The van der Waals surface area contributed by atoms with Gasteiger partial charge in [-0.25, -0.2) is 13.1 Å². The van der Waals surface area contributed by atoms with Crippen LogP contribution in [0.1, 0.15) is 29.4 Å². The summed E-state index contributed by atoms with van der Waals surface area (Å²) < 4.78 is 32.8. The van der Waals surface area contributed by atoms with Crippen LogP contribution >= 0.6 is 0 Å². The highest BCUT2D eigenvalue weighted by atomic mass is 32.2. The first-order valence-corrected chi connectivity index (χ1v) is 8.54. The number of aryl methyl sites for hydroxylation is 3. The Balaban J connectivity index is 2.26. The molecule has 0 fully saturated rings. The predicted octanol–water partition coefficient (Wildman–Crippen LogP) is 2.08. The van der Waals surface area contributed by atoms with Crippen LogP contribution in [-0.4, -0.2) is 25.7 Å². The molecular formula is C15H21N3O3S. The van der Waals surface area contributed by atoms with Crippen LogP contribution in [0.25, 0.3) is 0 Å². The molecule has 0 spiro atoms. The minimum Gasteiger partial charge on any atom is -0.496 e. The van der Waals surface area contributed by atoms with Crippen molar-refractivity contribution in [2.24, 2.45) is 0 Å². The molecule has 2 rings (SSSR count). The Morgan fingerprint density at radius 2 is 2.05 bits per heavy atom. The van der Waals surface area contributed by atoms with E-state index in [1.807, 2.05) is 25.1 Å². The van der Waals surface area contributed by atoms with E-state index in [1.54, 1.807) is 21.0 Å². The van der Waals surface area contributed by atoms with Gasteiger partial charge in [0, 0.05) is 12.1 Å². The van der Waals surface area contributed by atoms with Gasteiger partial charge in [-0.3, -0.25) is 5.10 Å². The van der Waals surface area contributed by atoms with Crippen LogP contribution in [0, 0.1) is 13.8 Å². The third-order valence-electron chi connectivity index (χ3n) is 3.53. The Morgan fingerprint density at radius 1 is 1.32 bits per heavy atom. The summed E-state index contributed by atoms with van der Waals surface area (Å²) in [6, 6.07) is 5.79. The van der Waals surface area contributed by atoms with Crippen LogP contribution in [-0.2, 0) is 23.0 Å². The molecule has 0 unspecified atom stereocenters. The Morgan fingerprint density at radius 3 is 2.59 bits per heavy atom. The number of benzene rings is 1. The van der Waals surface area contributed by atoms with Gasteiger partial charge in [-0.15, -0.1) is 0 Å². The van der Waals surface area contributed by atoms with E-state index < -0.39 is 10.0 Å². The van der Waals surface area contributed by atoms with Crippen LogP contribution in [0.5, 0.6) is 5.75 Å². The molecule has 0 saturated carbocycles. The zero-order chi connectivity index (χ0) is 16.3. The first kappa shape index (κ1) is 16.5. The average Bonchev–Trinajstić information content (AvgIpc) is 2.84. The summed E-state index contributed by atoms with van der Waals surface area (Å²) >= 11 is 0. The van der Waals surface area contributed by atoms with Gasteiger partial charge in [-0.05, 0) is 31.9 Å². The van der Waals surface area contributed by atoms with E-state index in [-0.39, 0.29) is 11.4 Å². The molecule has 0 aliphatic rings. The molecular weight excluding hydrogens is 302 g/mol. The number of rotatable bonds is 6. The average molecular weight is 323 g/mol. The Bertz CT molecular complexity index is 747. The molecule has 1 aromatic heterocycles. The van der Waals surface area contributed by atoms with Gasteiger partial charge in [0.1, 0.15) is 10.6 Å². The second-order valence-corrected chi connectivity index (χ2v) is 6.79. The van der Waals surface area contributed by atoms with Crippen LogP contribution in [0.15, 0.2) is 23.1 Å². The second kappa shape index (κ2) is 6.50. The molecule has 0 bridgehead atoms. The van der Waals surface area contributed by atoms with Crippen molar-refractivity contribution in [2.75, 3.05) is 7.11 Å². The Kier molecular flexibility index (Phi) is 4.87. The van der Waals surface area contributed by atoms with Crippen LogP contribution in [0.3, 0.4) is 0 Å². The number of nitrogens with one attached hydrogen (secondary N) is 2. The molecule has 1 aromatic carbocycles. The summed E-state index contributed by atoms with van der Waals surface area (Å²) in [4.78, 5) is 0.207. The van der Waals surface area contributed by atoms with Gasteiger partial charge in [-0.1, -0.05) is 19.1 Å². The number of nitrogens with zero attached hydrogens (tertiary/aromatic N) is 1. The normalized spacial score (nSPS) is 11.6. The van der Waals surface area contributed by atoms with Crippen molar-refractivity contribution in [1.29, 1.82) is 0 Å². The smallest absolute Gasteiger partial charge is 0.244 e. The van der Waals surface area contributed by atoms with E-state index in [4.69, 9.17) is 4.74 Å². The van der Waals surface area contributed by atoms with Gasteiger partial charge >= 0.3 is 0 Å². The SMILES string of the molecule is CCc1ccc(OC)c(CNS(=O)(=O)c2c(C)n[nH]c2C)c1. The fourth-order valence-electron chi connectivity index (χ4n) is 2.37. The van der Waals surface area contributed by atoms with Crippen LogP contribution in [0.2, 0.25) is 0 Å². The number of aromatic nitrogens is 2. The number of ether oxygens (including phenoxy) is 1. The highest BCUT2D eigenvalue weighted by Gasteiger charge is 2.22. The van der Waals surface area contributed by atoms with Gasteiger partial charge < -0.3 is 4.74 Å². The van der Waals surface area contributed by atoms with Crippen LogP contribution in [0.4, 0.5) is 0 Å². The summed E-state index contributed by atoms with van der Waals surface area (Å²) in [5.41, 5.74) is 2.92. The zero-order valence-electron chi connectivity index (χ0n) is 13.2. The molecule has 120 valence electrons. The fraction of sp³-hybridized carbons (Fsp3) is 0.400. The van der Waals surface area contributed by atoms with E-state index in [0.29, 0.717) is 17.1 Å². The van der Waals surface area contributed by atoms with E-state index in [1.165, 1.54) is 0 Å². The van der Waals surface area contributed by atoms with Crippen molar-refractivity contribution in [3.63, 3.8) is 0 Å². The largest absolute Gasteiger partial charge is 0.496 e. The summed E-state index contributed by atoms with van der Waals surface area (Å²) in [5, 5.41) is 6.62. The first-order valence-electron chi connectivity index (χ1n) is 7.06. The maximum Gasteiger partial charge on any atom is 0.244 e. The van der Waals surface area contributed by atoms with Gasteiger partial charge in [0.2, 0.25) is 10.0 Å². The highest BCUT2D eigenvalue weighted by Crippen LogP contribution is 2.22. The molecule has 0 atom stereocenters. The quantitative estimate of drug-likeness (QED) is 0.852. The third kappa shape index (κ3) is 3.31. The number of hydrogen-bond acceptors (Lipinski definition) is 4. The van der Waals surface area contributed by atoms with Crippen molar-refractivity contribution < 1.29 is 13.2 Å². The molecule has 7 heteroatoms.